The van der Waals surface area contributed by atoms with Crippen molar-refractivity contribution in [1.82, 2.24) is 5.32 Å². The molecule has 5 rings (SSSR count). The molecule has 1 atom stereocenters. The van der Waals surface area contributed by atoms with E-state index in [2.05, 4.69) is 5.32 Å². The number of esters is 1. The van der Waals surface area contributed by atoms with Crippen LogP contribution in [0.25, 0.3) is 11.1 Å². The third-order valence-corrected chi connectivity index (χ3v) is 9.23. The smallest absolute Gasteiger partial charge is 0.337 e. The van der Waals surface area contributed by atoms with E-state index in [0.717, 1.165) is 27.8 Å². The first-order valence-corrected chi connectivity index (χ1v) is 15.1. The number of methoxy groups -OCH3 is 1. The second-order valence-electron chi connectivity index (χ2n) is 10.2. The summed E-state index contributed by atoms with van der Waals surface area (Å²) in [5.41, 5.74) is 4.63. The summed E-state index contributed by atoms with van der Waals surface area (Å²) < 4.78 is 53.2. The van der Waals surface area contributed by atoms with Gasteiger partial charge in [-0.05, 0) is 90.2 Å². The van der Waals surface area contributed by atoms with Gasteiger partial charge < -0.3 is 14.8 Å². The van der Waals surface area contributed by atoms with Gasteiger partial charge in [-0.3, -0.25) is 9.10 Å². The van der Waals surface area contributed by atoms with E-state index in [4.69, 9.17) is 9.47 Å². The van der Waals surface area contributed by atoms with Gasteiger partial charge in [-0.1, -0.05) is 36.4 Å². The summed E-state index contributed by atoms with van der Waals surface area (Å²) in [5.74, 6) is -0.676. The highest BCUT2D eigenvalue weighted by atomic mass is 32.2. The third kappa shape index (κ3) is 6.10. The summed E-state index contributed by atoms with van der Waals surface area (Å²) in [6.45, 7) is 3.87. The van der Waals surface area contributed by atoms with Gasteiger partial charge in [-0.2, -0.15) is 0 Å². The predicted octanol–water partition coefficient (Wildman–Crippen LogP) is 5.21. The minimum atomic E-state index is -4.11. The lowest BCUT2D eigenvalue weighted by atomic mass is 10.0. The van der Waals surface area contributed by atoms with Crippen LogP contribution in [0.15, 0.2) is 89.8 Å². The number of rotatable bonds is 9. The zero-order valence-electron chi connectivity index (χ0n) is 24.0. The average molecular weight is 603 g/mol. The summed E-state index contributed by atoms with van der Waals surface area (Å²) in [6.07, 6.45) is 0.225. The van der Waals surface area contributed by atoms with Crippen molar-refractivity contribution in [2.45, 2.75) is 31.2 Å². The second kappa shape index (κ2) is 12.3. The summed E-state index contributed by atoms with van der Waals surface area (Å²) in [5, 5.41) is 2.81. The van der Waals surface area contributed by atoms with Gasteiger partial charge in [0.2, 0.25) is 5.91 Å². The van der Waals surface area contributed by atoms with Gasteiger partial charge in [0.25, 0.3) is 10.0 Å². The minimum absolute atomic E-state index is 0.0414. The van der Waals surface area contributed by atoms with Crippen molar-refractivity contribution >= 4 is 27.6 Å². The number of sulfonamides is 1. The summed E-state index contributed by atoms with van der Waals surface area (Å²) in [4.78, 5) is 25.2. The number of nitrogens with zero attached hydrogens (tertiary/aromatic N) is 1. The number of carbonyl (C=O) groups is 2. The molecule has 222 valence electrons. The molecule has 1 amide bonds. The summed E-state index contributed by atoms with van der Waals surface area (Å²) >= 11 is 0. The lowest BCUT2D eigenvalue weighted by molar-refractivity contribution is -0.122. The zero-order chi connectivity index (χ0) is 30.7. The summed E-state index contributed by atoms with van der Waals surface area (Å²) in [7, 11) is -2.80. The van der Waals surface area contributed by atoms with E-state index in [1.54, 1.807) is 62.4 Å². The van der Waals surface area contributed by atoms with Crippen LogP contribution in [0.1, 0.15) is 27.0 Å². The van der Waals surface area contributed by atoms with Crippen molar-refractivity contribution in [3.8, 4) is 16.9 Å². The third-order valence-electron chi connectivity index (χ3n) is 7.39. The highest BCUT2D eigenvalue weighted by Crippen LogP contribution is 2.37. The molecule has 8 nitrogen and oxygen atoms in total. The number of ether oxygens (including phenoxy) is 2. The normalized spacial score (nSPS) is 14.2. The Bertz CT molecular complexity index is 1790. The average Bonchev–Trinajstić information content (AvgIpc) is 3.40. The molecule has 4 aromatic carbocycles. The lowest BCUT2D eigenvalue weighted by Gasteiger charge is -2.26. The van der Waals surface area contributed by atoms with Gasteiger partial charge in [0.05, 0.1) is 29.8 Å². The topological polar surface area (TPSA) is 102 Å². The monoisotopic (exact) mass is 602 g/mol. The maximum absolute atomic E-state index is 14.0. The molecular formula is C33H31FN2O6S. The number of nitrogens with one attached hydrogen (secondary N) is 1. The van der Waals surface area contributed by atoms with Crippen LogP contribution in [0, 0.1) is 19.7 Å². The van der Waals surface area contributed by atoms with E-state index in [0.29, 0.717) is 17.0 Å². The van der Waals surface area contributed by atoms with Crippen LogP contribution in [0.4, 0.5) is 10.1 Å². The first-order chi connectivity index (χ1) is 20.6. The molecule has 1 aliphatic rings. The molecule has 4 aromatic rings. The van der Waals surface area contributed by atoms with Crippen molar-refractivity contribution in [3.05, 3.63) is 113 Å². The molecule has 0 aromatic heterocycles. The Hall–Kier alpha value is -4.70. The van der Waals surface area contributed by atoms with E-state index in [-0.39, 0.29) is 30.3 Å². The first kappa shape index (κ1) is 29.8. The SMILES string of the molecule is COC(=O)c1ccc(OCCNC(=O)[C@@H]2Cc3ccccc3N2S(=O)(=O)c2ccc(-c3ccc(F)cc3C)cc2)c(C)c1. The Kier molecular flexibility index (Phi) is 8.50. The Labute approximate surface area is 250 Å². The minimum Gasteiger partial charge on any atom is -0.491 e. The highest BCUT2D eigenvalue weighted by molar-refractivity contribution is 7.93. The quantitative estimate of drug-likeness (QED) is 0.209. The van der Waals surface area contributed by atoms with E-state index in [1.807, 2.05) is 12.1 Å². The van der Waals surface area contributed by atoms with Crippen molar-refractivity contribution in [2.75, 3.05) is 24.6 Å². The molecule has 0 unspecified atom stereocenters. The Morgan fingerprint density at radius 1 is 0.953 bits per heavy atom. The standard InChI is InChI=1S/C33H31FN2O6S/c1-21-19-26(34)11-14-28(21)23-8-12-27(13-9-23)43(39,40)36-29-7-5-4-6-24(29)20-30(36)32(37)35-16-17-42-31-15-10-25(18-22(31)2)33(38)41-3/h4-15,18-19,30H,16-17,20H2,1-3H3,(H,35,37)/t30-/m0/s1. The number of para-hydroxylation sites is 1. The van der Waals surface area contributed by atoms with Crippen molar-refractivity contribution in [2.24, 2.45) is 0 Å². The number of hydrogen-bond donors (Lipinski definition) is 1. The zero-order valence-corrected chi connectivity index (χ0v) is 24.8. The molecular weight excluding hydrogens is 571 g/mol. The van der Waals surface area contributed by atoms with Gasteiger partial charge in [0, 0.05) is 6.42 Å². The van der Waals surface area contributed by atoms with Crippen LogP contribution in [-0.2, 0) is 26.0 Å². The Balaban J connectivity index is 1.31. The van der Waals surface area contributed by atoms with Crippen LogP contribution in [-0.4, -0.2) is 46.6 Å². The molecule has 0 spiro atoms. The molecule has 1 N–H and O–H groups in total. The van der Waals surface area contributed by atoms with Gasteiger partial charge in [0.15, 0.2) is 0 Å². The van der Waals surface area contributed by atoms with Gasteiger partial charge in [0.1, 0.15) is 24.2 Å². The number of hydrogen-bond acceptors (Lipinski definition) is 6. The maximum atomic E-state index is 14.0. The molecule has 0 radical (unpaired) electrons. The lowest BCUT2D eigenvalue weighted by Crippen LogP contribution is -2.48. The molecule has 1 heterocycles. The molecule has 0 fully saturated rings. The Morgan fingerprint density at radius 2 is 1.70 bits per heavy atom. The fourth-order valence-electron chi connectivity index (χ4n) is 5.23. The van der Waals surface area contributed by atoms with E-state index < -0.39 is 27.9 Å². The Morgan fingerprint density at radius 3 is 2.40 bits per heavy atom. The maximum Gasteiger partial charge on any atom is 0.337 e. The summed E-state index contributed by atoms with van der Waals surface area (Å²) in [6, 6.07) is 21.8. The van der Waals surface area contributed by atoms with Crippen LogP contribution in [0.2, 0.25) is 0 Å². The highest BCUT2D eigenvalue weighted by Gasteiger charge is 2.42. The molecule has 0 saturated heterocycles. The van der Waals surface area contributed by atoms with Crippen LogP contribution >= 0.6 is 0 Å². The number of fused-ring (bicyclic) bond motifs is 1. The van der Waals surface area contributed by atoms with E-state index >= 15 is 0 Å². The van der Waals surface area contributed by atoms with Gasteiger partial charge in [-0.25, -0.2) is 17.6 Å². The molecule has 10 heteroatoms. The molecule has 0 saturated carbocycles. The largest absolute Gasteiger partial charge is 0.491 e. The number of carbonyl (C=O) groups excluding carboxylic acids is 2. The number of aryl methyl sites for hydroxylation is 2. The van der Waals surface area contributed by atoms with Crippen LogP contribution in [0.5, 0.6) is 5.75 Å². The number of benzene rings is 4. The second-order valence-corrected chi connectivity index (χ2v) is 12.1. The van der Waals surface area contributed by atoms with E-state index in [9.17, 15) is 22.4 Å². The van der Waals surface area contributed by atoms with Crippen LogP contribution in [0.3, 0.4) is 0 Å². The van der Waals surface area contributed by atoms with Gasteiger partial charge in [-0.15, -0.1) is 0 Å². The van der Waals surface area contributed by atoms with Gasteiger partial charge >= 0.3 is 5.97 Å². The number of anilines is 1. The fourth-order valence-corrected chi connectivity index (χ4v) is 6.88. The number of amides is 1. The predicted molar refractivity (Wildman–Crippen MR) is 161 cm³/mol. The number of halogens is 1. The first-order valence-electron chi connectivity index (χ1n) is 13.7. The van der Waals surface area contributed by atoms with Crippen molar-refractivity contribution in [3.63, 3.8) is 0 Å². The molecule has 0 bridgehead atoms. The fraction of sp³-hybridized carbons (Fsp3) is 0.212. The molecule has 0 aliphatic carbocycles. The van der Waals surface area contributed by atoms with Crippen molar-refractivity contribution in [1.29, 1.82) is 0 Å². The van der Waals surface area contributed by atoms with Crippen LogP contribution < -0.4 is 14.4 Å². The molecule has 43 heavy (non-hydrogen) atoms. The van der Waals surface area contributed by atoms with Crippen molar-refractivity contribution < 1.29 is 31.9 Å². The van der Waals surface area contributed by atoms with E-state index in [1.165, 1.54) is 35.7 Å². The molecule has 1 aliphatic heterocycles.